The maximum absolute atomic E-state index is 12.5. The van der Waals surface area contributed by atoms with Gasteiger partial charge < -0.3 is 10.1 Å². The molecule has 1 aliphatic rings. The molecule has 158 valence electrons. The minimum Gasteiger partial charge on any atom is -0.375 e. The van der Waals surface area contributed by atoms with Crippen molar-refractivity contribution >= 4 is 16.9 Å². The van der Waals surface area contributed by atoms with E-state index in [4.69, 9.17) is 4.74 Å². The Hall–Kier alpha value is -3.04. The van der Waals surface area contributed by atoms with Gasteiger partial charge in [-0.1, -0.05) is 30.3 Å². The number of nitrogens with zero attached hydrogens (tertiary/aromatic N) is 5. The molecule has 2 aromatic heterocycles. The van der Waals surface area contributed by atoms with Crippen LogP contribution < -0.4 is 10.9 Å². The molecule has 0 radical (unpaired) electrons. The van der Waals surface area contributed by atoms with Gasteiger partial charge in [0.15, 0.2) is 5.65 Å². The summed E-state index contributed by atoms with van der Waals surface area (Å²) in [5.74, 6) is -0.246. The molecule has 1 fully saturated rings. The van der Waals surface area contributed by atoms with Crippen LogP contribution in [0.25, 0.3) is 11.0 Å². The summed E-state index contributed by atoms with van der Waals surface area (Å²) in [5.41, 5.74) is 1.49. The summed E-state index contributed by atoms with van der Waals surface area (Å²) in [6.45, 7) is 3.57. The first-order chi connectivity index (χ1) is 14.6. The van der Waals surface area contributed by atoms with E-state index in [-0.39, 0.29) is 24.1 Å². The fraction of sp³-hybridized carbons (Fsp3) is 0.429. The van der Waals surface area contributed by atoms with Crippen molar-refractivity contribution in [3.8, 4) is 0 Å². The zero-order chi connectivity index (χ0) is 20.9. The van der Waals surface area contributed by atoms with Crippen molar-refractivity contribution in [3.05, 3.63) is 58.8 Å². The second-order valence-corrected chi connectivity index (χ2v) is 7.55. The highest BCUT2D eigenvalue weighted by atomic mass is 16.5. The van der Waals surface area contributed by atoms with Crippen LogP contribution in [0.2, 0.25) is 0 Å². The number of amides is 1. The van der Waals surface area contributed by atoms with E-state index in [9.17, 15) is 9.59 Å². The van der Waals surface area contributed by atoms with E-state index in [1.165, 1.54) is 27.3 Å². The molecule has 0 saturated carbocycles. The minimum absolute atomic E-state index is 0.0862. The van der Waals surface area contributed by atoms with Gasteiger partial charge in [0, 0.05) is 39.8 Å². The van der Waals surface area contributed by atoms with Crippen molar-refractivity contribution in [1.29, 1.82) is 0 Å². The third-order valence-corrected chi connectivity index (χ3v) is 5.24. The summed E-state index contributed by atoms with van der Waals surface area (Å²) in [5, 5.41) is 7.33. The molecule has 3 aromatic rings. The molecule has 3 heterocycles. The van der Waals surface area contributed by atoms with E-state index >= 15 is 0 Å². The van der Waals surface area contributed by atoms with Gasteiger partial charge in [0.25, 0.3) is 5.56 Å². The van der Waals surface area contributed by atoms with Crippen molar-refractivity contribution in [3.63, 3.8) is 0 Å². The lowest BCUT2D eigenvalue weighted by Crippen LogP contribution is -2.41. The molecule has 4 rings (SSSR count). The highest BCUT2D eigenvalue weighted by molar-refractivity contribution is 5.77. The number of hydrogen-bond donors (Lipinski definition) is 1. The van der Waals surface area contributed by atoms with Crippen LogP contribution in [0.3, 0.4) is 0 Å². The summed E-state index contributed by atoms with van der Waals surface area (Å²) >= 11 is 0. The number of carbonyl (C=O) groups is 1. The largest absolute Gasteiger partial charge is 0.375 e. The molecular weight excluding hydrogens is 384 g/mol. The predicted molar refractivity (Wildman–Crippen MR) is 112 cm³/mol. The Morgan fingerprint density at radius 2 is 2.13 bits per heavy atom. The first-order valence-corrected chi connectivity index (χ1v) is 10.1. The molecule has 0 unspecified atom stereocenters. The zero-order valence-electron chi connectivity index (χ0n) is 17.0. The number of ether oxygens (including phenoxy) is 1. The standard InChI is InChI=1S/C21H26N6O3/c1-25-20-18(11-24-25)21(29)27(15-23-20)14-19(28)22-10-17-13-26(8-5-9-30-17)12-16-6-3-2-4-7-16/h2-4,6-7,11,15,17H,5,8-10,12-14H2,1H3,(H,22,28)/t17-/m0/s1. The van der Waals surface area contributed by atoms with Gasteiger partial charge in [-0.2, -0.15) is 5.10 Å². The van der Waals surface area contributed by atoms with Crippen molar-refractivity contribution in [2.75, 3.05) is 26.2 Å². The Morgan fingerprint density at radius 1 is 1.30 bits per heavy atom. The minimum atomic E-state index is -0.275. The van der Waals surface area contributed by atoms with Gasteiger partial charge in [0.2, 0.25) is 5.91 Å². The van der Waals surface area contributed by atoms with Gasteiger partial charge in [-0.3, -0.25) is 23.7 Å². The fourth-order valence-corrected chi connectivity index (χ4v) is 3.70. The fourth-order valence-electron chi connectivity index (χ4n) is 3.70. The lowest BCUT2D eigenvalue weighted by molar-refractivity contribution is -0.122. The topological polar surface area (TPSA) is 94.3 Å². The number of rotatable bonds is 6. The van der Waals surface area contributed by atoms with Crippen LogP contribution in [0.1, 0.15) is 12.0 Å². The Kier molecular flexibility index (Phi) is 6.20. The molecule has 1 aromatic carbocycles. The van der Waals surface area contributed by atoms with Gasteiger partial charge in [-0.15, -0.1) is 0 Å². The van der Waals surface area contributed by atoms with E-state index in [0.717, 1.165) is 26.1 Å². The second-order valence-electron chi connectivity index (χ2n) is 7.55. The third kappa shape index (κ3) is 4.74. The quantitative estimate of drug-likeness (QED) is 0.637. The maximum Gasteiger partial charge on any atom is 0.264 e. The van der Waals surface area contributed by atoms with Gasteiger partial charge >= 0.3 is 0 Å². The molecule has 1 aliphatic heterocycles. The lowest BCUT2D eigenvalue weighted by atomic mass is 10.2. The lowest BCUT2D eigenvalue weighted by Gasteiger charge is -2.24. The molecule has 0 bridgehead atoms. The number of aryl methyl sites for hydroxylation is 1. The van der Waals surface area contributed by atoms with Crippen LogP contribution >= 0.6 is 0 Å². The normalized spacial score (nSPS) is 17.7. The van der Waals surface area contributed by atoms with Crippen LogP contribution in [-0.4, -0.2) is 62.5 Å². The first kappa shape index (κ1) is 20.2. The number of fused-ring (bicyclic) bond motifs is 1. The summed E-state index contributed by atoms with van der Waals surface area (Å²) in [6.07, 6.45) is 3.73. The number of hydrogen-bond acceptors (Lipinski definition) is 6. The smallest absolute Gasteiger partial charge is 0.264 e. The SMILES string of the molecule is Cn1ncc2c(=O)n(CC(=O)NC[C@H]3CN(Cc4ccccc4)CCCO3)cnc21. The molecule has 9 heteroatoms. The monoisotopic (exact) mass is 410 g/mol. The van der Waals surface area contributed by atoms with Gasteiger partial charge in [-0.25, -0.2) is 4.98 Å². The van der Waals surface area contributed by atoms with E-state index < -0.39 is 0 Å². The maximum atomic E-state index is 12.5. The van der Waals surface area contributed by atoms with E-state index in [1.807, 2.05) is 18.2 Å². The predicted octanol–water partition coefficient (Wildman–Crippen LogP) is 0.537. The summed E-state index contributed by atoms with van der Waals surface area (Å²) in [4.78, 5) is 31.5. The molecule has 0 aliphatic carbocycles. The molecule has 1 N–H and O–H groups in total. The third-order valence-electron chi connectivity index (χ3n) is 5.24. The molecule has 1 atom stereocenters. The Morgan fingerprint density at radius 3 is 2.97 bits per heavy atom. The average molecular weight is 410 g/mol. The second kappa shape index (κ2) is 9.19. The summed E-state index contributed by atoms with van der Waals surface area (Å²) in [6, 6.07) is 10.3. The molecular formula is C21H26N6O3. The number of benzene rings is 1. The van der Waals surface area contributed by atoms with Crippen LogP contribution in [0.5, 0.6) is 0 Å². The average Bonchev–Trinajstić information content (AvgIpc) is 2.98. The number of carbonyl (C=O) groups excluding carboxylic acids is 1. The molecule has 0 spiro atoms. The van der Waals surface area contributed by atoms with E-state index in [1.54, 1.807) is 7.05 Å². The van der Waals surface area contributed by atoms with E-state index in [2.05, 4.69) is 32.4 Å². The van der Waals surface area contributed by atoms with Crippen molar-refractivity contribution < 1.29 is 9.53 Å². The van der Waals surface area contributed by atoms with Crippen LogP contribution in [0.15, 0.2) is 47.7 Å². The zero-order valence-corrected chi connectivity index (χ0v) is 17.0. The van der Waals surface area contributed by atoms with Gasteiger partial charge in [-0.05, 0) is 12.0 Å². The number of aromatic nitrogens is 4. The van der Waals surface area contributed by atoms with Crippen molar-refractivity contribution in [2.45, 2.75) is 25.6 Å². The molecule has 1 amide bonds. The molecule has 1 saturated heterocycles. The summed E-state index contributed by atoms with van der Waals surface area (Å²) < 4.78 is 8.74. The Bertz CT molecular complexity index is 1060. The van der Waals surface area contributed by atoms with Crippen molar-refractivity contribution in [2.24, 2.45) is 7.05 Å². The van der Waals surface area contributed by atoms with Crippen LogP contribution in [0.4, 0.5) is 0 Å². The van der Waals surface area contributed by atoms with E-state index in [0.29, 0.717) is 24.2 Å². The molecule has 9 nitrogen and oxygen atoms in total. The molecule has 30 heavy (non-hydrogen) atoms. The number of nitrogens with one attached hydrogen (secondary N) is 1. The summed E-state index contributed by atoms with van der Waals surface area (Å²) in [7, 11) is 1.72. The van der Waals surface area contributed by atoms with Gasteiger partial charge in [0.05, 0.1) is 12.3 Å². The van der Waals surface area contributed by atoms with Crippen LogP contribution in [-0.2, 0) is 29.7 Å². The van der Waals surface area contributed by atoms with Gasteiger partial charge in [0.1, 0.15) is 18.3 Å². The Labute approximate surface area is 174 Å². The highest BCUT2D eigenvalue weighted by Gasteiger charge is 2.20. The first-order valence-electron chi connectivity index (χ1n) is 10.1. The van der Waals surface area contributed by atoms with Crippen molar-refractivity contribution in [1.82, 2.24) is 29.5 Å². The van der Waals surface area contributed by atoms with Crippen LogP contribution in [0, 0.1) is 0 Å². The Balaban J connectivity index is 1.32. The highest BCUT2D eigenvalue weighted by Crippen LogP contribution is 2.10.